The Hall–Kier alpha value is -3.15. The Balaban J connectivity index is 1.34. The smallest absolute Gasteiger partial charge is 0.231 e. The summed E-state index contributed by atoms with van der Waals surface area (Å²) in [4.78, 5) is 20.8. The van der Waals surface area contributed by atoms with Gasteiger partial charge in [0, 0.05) is 30.4 Å². The number of aryl methyl sites for hydroxylation is 1. The maximum Gasteiger partial charge on any atom is 0.231 e. The number of hydrogen-bond acceptors (Lipinski definition) is 4. The number of carbonyl (C=O) groups is 1. The monoisotopic (exact) mass is 542 g/mol. The average Bonchev–Trinajstić information content (AvgIpc) is 3.48. The van der Waals surface area contributed by atoms with E-state index in [-0.39, 0.29) is 17.4 Å². The summed E-state index contributed by atoms with van der Waals surface area (Å²) in [7, 11) is 1.73. The van der Waals surface area contributed by atoms with Crippen molar-refractivity contribution in [2.75, 3.05) is 18.6 Å². The lowest BCUT2D eigenvalue weighted by atomic mass is 9.78. The molecule has 40 heavy (non-hydrogen) atoms. The summed E-state index contributed by atoms with van der Waals surface area (Å²) in [6, 6.07) is 10.7. The van der Waals surface area contributed by atoms with E-state index in [2.05, 4.69) is 63.3 Å². The predicted octanol–water partition coefficient (Wildman–Crippen LogP) is 7.90. The normalized spacial score (nSPS) is 20.3. The molecule has 1 amide bonds. The van der Waals surface area contributed by atoms with Gasteiger partial charge in [-0.05, 0) is 113 Å². The number of pyridine rings is 1. The van der Waals surface area contributed by atoms with Crippen molar-refractivity contribution in [3.63, 3.8) is 0 Å². The van der Waals surface area contributed by atoms with Gasteiger partial charge in [0.2, 0.25) is 5.91 Å². The second-order valence-electron chi connectivity index (χ2n) is 13.0. The molecule has 0 atom stereocenters. The molecule has 2 fully saturated rings. The van der Waals surface area contributed by atoms with Crippen molar-refractivity contribution >= 4 is 11.7 Å². The van der Waals surface area contributed by atoms with Crippen LogP contribution in [0, 0.1) is 18.8 Å². The lowest BCUT2D eigenvalue weighted by Gasteiger charge is -2.35. The average molecular weight is 543 g/mol. The molecule has 214 valence electrons. The number of amides is 1. The fraction of sp³-hybridized carbons (Fsp3) is 0.559. The van der Waals surface area contributed by atoms with Gasteiger partial charge in [-0.2, -0.15) is 5.10 Å². The van der Waals surface area contributed by atoms with Crippen LogP contribution in [0.2, 0.25) is 0 Å². The van der Waals surface area contributed by atoms with Crippen LogP contribution in [0.25, 0.3) is 11.1 Å². The number of anilines is 1. The number of aromatic nitrogens is 3. The maximum atomic E-state index is 14.0. The predicted molar refractivity (Wildman–Crippen MR) is 162 cm³/mol. The van der Waals surface area contributed by atoms with E-state index in [9.17, 15) is 4.79 Å². The highest BCUT2D eigenvalue weighted by Crippen LogP contribution is 2.38. The third-order valence-corrected chi connectivity index (χ3v) is 9.02. The van der Waals surface area contributed by atoms with E-state index in [1.54, 1.807) is 7.11 Å². The molecule has 0 aliphatic heterocycles. The van der Waals surface area contributed by atoms with Gasteiger partial charge in [0.25, 0.3) is 0 Å². The molecule has 2 saturated carbocycles. The molecule has 0 N–H and O–H groups in total. The van der Waals surface area contributed by atoms with Gasteiger partial charge in [-0.1, -0.05) is 31.4 Å². The molecule has 0 bridgehead atoms. The molecule has 6 heteroatoms. The second kappa shape index (κ2) is 12.2. The van der Waals surface area contributed by atoms with Crippen molar-refractivity contribution in [3.8, 4) is 16.9 Å². The van der Waals surface area contributed by atoms with E-state index in [0.717, 1.165) is 80.6 Å². The lowest BCUT2D eigenvalue weighted by molar-refractivity contribution is -0.123. The highest BCUT2D eigenvalue weighted by Gasteiger charge is 2.31. The Morgan fingerprint density at radius 3 is 2.40 bits per heavy atom. The van der Waals surface area contributed by atoms with Crippen molar-refractivity contribution < 1.29 is 9.53 Å². The maximum absolute atomic E-state index is 14.0. The first-order valence-electron chi connectivity index (χ1n) is 15.2. The van der Waals surface area contributed by atoms with E-state index >= 15 is 0 Å². The van der Waals surface area contributed by atoms with E-state index in [1.165, 1.54) is 17.5 Å². The third kappa shape index (κ3) is 6.42. The number of methoxy groups -OCH3 is 1. The summed E-state index contributed by atoms with van der Waals surface area (Å²) < 4.78 is 7.46. The van der Waals surface area contributed by atoms with E-state index in [1.807, 2.05) is 28.0 Å². The number of nitrogens with zero attached hydrogens (tertiary/aromatic N) is 4. The zero-order valence-corrected chi connectivity index (χ0v) is 25.0. The highest BCUT2D eigenvalue weighted by molar-refractivity contribution is 5.94. The Kier molecular flexibility index (Phi) is 8.62. The molecule has 5 rings (SSSR count). The first-order valence-corrected chi connectivity index (χ1v) is 15.2. The van der Waals surface area contributed by atoms with Crippen molar-refractivity contribution in [1.29, 1.82) is 0 Å². The molecule has 0 radical (unpaired) electrons. The molecule has 2 aliphatic rings. The number of benzene rings is 1. The van der Waals surface area contributed by atoms with Crippen LogP contribution >= 0.6 is 0 Å². The highest BCUT2D eigenvalue weighted by atomic mass is 16.5. The first kappa shape index (κ1) is 28.4. The Labute approximate surface area is 240 Å². The number of carbonyl (C=O) groups excluding carboxylic acids is 1. The van der Waals surface area contributed by atoms with Crippen molar-refractivity contribution in [2.24, 2.45) is 11.8 Å². The van der Waals surface area contributed by atoms with Crippen LogP contribution in [0.1, 0.15) is 95.6 Å². The van der Waals surface area contributed by atoms with Crippen LogP contribution in [-0.2, 0) is 10.3 Å². The molecular formula is C34H46N4O2. The fourth-order valence-corrected chi connectivity index (χ4v) is 6.54. The molecule has 2 aromatic heterocycles. The van der Waals surface area contributed by atoms with Gasteiger partial charge in [-0.3, -0.25) is 14.4 Å². The van der Waals surface area contributed by atoms with Crippen LogP contribution in [0.15, 0.2) is 48.9 Å². The molecule has 6 nitrogen and oxygen atoms in total. The summed E-state index contributed by atoms with van der Waals surface area (Å²) in [5, 5.41) is 4.60. The summed E-state index contributed by atoms with van der Waals surface area (Å²) in [5.74, 6) is 3.17. The molecule has 2 aliphatic carbocycles. The largest absolute Gasteiger partial charge is 0.496 e. The van der Waals surface area contributed by atoms with Gasteiger partial charge in [0.15, 0.2) is 0 Å². The summed E-state index contributed by atoms with van der Waals surface area (Å²) in [6.07, 6.45) is 16.0. The fourth-order valence-electron chi connectivity index (χ4n) is 6.54. The Morgan fingerprint density at radius 2 is 1.75 bits per heavy atom. The molecule has 2 heterocycles. The first-order chi connectivity index (χ1) is 19.2. The van der Waals surface area contributed by atoms with E-state index in [0.29, 0.717) is 11.8 Å². The van der Waals surface area contributed by atoms with E-state index < -0.39 is 0 Å². The standard InChI is InChI=1S/C34H46N4O2/c1-24-19-28(15-16-31(24)40-5)26-13-11-25(12-14-26)22-37(33(39)27-9-7-6-8-10-27)32-20-29(17-18-35-32)30-21-36-38(23-30)34(2,3)4/h15-21,23,25-27H,6-14,22H2,1-5H3. The summed E-state index contributed by atoms with van der Waals surface area (Å²) in [5.41, 5.74) is 4.64. The quantitative estimate of drug-likeness (QED) is 0.304. The summed E-state index contributed by atoms with van der Waals surface area (Å²) >= 11 is 0. The minimum atomic E-state index is -0.0829. The van der Waals surface area contributed by atoms with Crippen LogP contribution in [0.4, 0.5) is 5.82 Å². The van der Waals surface area contributed by atoms with Gasteiger partial charge in [0.05, 0.1) is 18.8 Å². The van der Waals surface area contributed by atoms with Gasteiger partial charge < -0.3 is 4.74 Å². The third-order valence-electron chi connectivity index (χ3n) is 9.02. The second-order valence-corrected chi connectivity index (χ2v) is 13.0. The number of hydrogen-bond donors (Lipinski definition) is 0. The topological polar surface area (TPSA) is 60.2 Å². The van der Waals surface area contributed by atoms with Gasteiger partial charge in [0.1, 0.15) is 11.6 Å². The molecule has 0 spiro atoms. The Morgan fingerprint density at radius 1 is 1.00 bits per heavy atom. The SMILES string of the molecule is COc1ccc(C2CCC(CN(C(=O)C3CCCCC3)c3cc(-c4cnn(C(C)(C)C)c4)ccn3)CC2)cc1C. The minimum Gasteiger partial charge on any atom is -0.496 e. The van der Waals surface area contributed by atoms with Crippen molar-refractivity contribution in [3.05, 3.63) is 60.0 Å². The number of ether oxygens (including phenoxy) is 1. The van der Waals surface area contributed by atoms with Crippen molar-refractivity contribution in [1.82, 2.24) is 14.8 Å². The Bertz CT molecular complexity index is 1290. The zero-order chi connectivity index (χ0) is 28.3. The van der Waals surface area contributed by atoms with Crippen molar-refractivity contribution in [2.45, 2.75) is 96.9 Å². The van der Waals surface area contributed by atoms with Crippen LogP contribution in [-0.4, -0.2) is 34.3 Å². The van der Waals surface area contributed by atoms with Gasteiger partial charge in [-0.25, -0.2) is 4.98 Å². The van der Waals surface area contributed by atoms with Crippen LogP contribution in [0.3, 0.4) is 0 Å². The van der Waals surface area contributed by atoms with Crippen LogP contribution in [0.5, 0.6) is 5.75 Å². The molecular weight excluding hydrogens is 496 g/mol. The molecule has 1 aromatic carbocycles. The molecule has 3 aromatic rings. The lowest BCUT2D eigenvalue weighted by Crippen LogP contribution is -2.41. The van der Waals surface area contributed by atoms with Gasteiger partial charge >= 0.3 is 0 Å². The number of rotatable bonds is 7. The minimum absolute atomic E-state index is 0.0829. The van der Waals surface area contributed by atoms with Crippen LogP contribution < -0.4 is 9.64 Å². The van der Waals surface area contributed by atoms with Gasteiger partial charge in [-0.15, -0.1) is 0 Å². The van der Waals surface area contributed by atoms with E-state index in [4.69, 9.17) is 9.72 Å². The zero-order valence-electron chi connectivity index (χ0n) is 25.0. The molecule has 0 unspecified atom stereocenters. The molecule has 0 saturated heterocycles. The summed E-state index contributed by atoms with van der Waals surface area (Å²) in [6.45, 7) is 9.32.